The van der Waals surface area contributed by atoms with Crippen LogP contribution in [0.5, 0.6) is 0 Å². The lowest BCUT2D eigenvalue weighted by atomic mass is 10.3. The lowest BCUT2D eigenvalue weighted by Crippen LogP contribution is -2.36. The Bertz CT molecular complexity index is 868. The second kappa shape index (κ2) is 8.46. The zero-order valence-electron chi connectivity index (χ0n) is 12.8. The summed E-state index contributed by atoms with van der Waals surface area (Å²) < 4.78 is 25.1. The summed E-state index contributed by atoms with van der Waals surface area (Å²) in [7, 11) is -3.80. The Morgan fingerprint density at radius 1 is 0.960 bits per heavy atom. The lowest BCUT2D eigenvalue weighted by molar-refractivity contribution is -0.122. The van der Waals surface area contributed by atoms with Gasteiger partial charge in [-0.05, 0) is 48.5 Å². The van der Waals surface area contributed by atoms with Gasteiger partial charge in [-0.15, -0.1) is 0 Å². The van der Waals surface area contributed by atoms with Crippen molar-refractivity contribution in [3.8, 4) is 0 Å². The van der Waals surface area contributed by atoms with Gasteiger partial charge in [0.2, 0.25) is 11.8 Å². The normalized spacial score (nSPS) is 11.0. The van der Waals surface area contributed by atoms with Crippen molar-refractivity contribution in [1.82, 2.24) is 5.32 Å². The second-order valence-corrected chi connectivity index (χ2v) is 8.39. The van der Waals surface area contributed by atoms with Crippen LogP contribution < -0.4 is 10.6 Å². The van der Waals surface area contributed by atoms with E-state index in [1.54, 1.807) is 24.3 Å². The number of anilines is 1. The molecule has 0 bridgehead atoms. The molecule has 0 atom stereocenters. The third-order valence-electron chi connectivity index (χ3n) is 3.07. The summed E-state index contributed by atoms with van der Waals surface area (Å²) in [5, 5.41) is 5.27. The van der Waals surface area contributed by atoms with E-state index in [1.165, 1.54) is 24.3 Å². The summed E-state index contributed by atoms with van der Waals surface area (Å²) >= 11 is 8.98. The predicted molar refractivity (Wildman–Crippen MR) is 99.3 cm³/mol. The number of rotatable bonds is 6. The van der Waals surface area contributed by atoms with E-state index in [-0.39, 0.29) is 11.4 Å². The van der Waals surface area contributed by atoms with Crippen molar-refractivity contribution < 1.29 is 18.0 Å². The quantitative estimate of drug-likeness (QED) is 0.715. The molecule has 2 N–H and O–H groups in total. The van der Waals surface area contributed by atoms with Crippen LogP contribution in [0.1, 0.15) is 0 Å². The second-order valence-electron chi connectivity index (χ2n) is 5.04. The van der Waals surface area contributed by atoms with Crippen LogP contribution in [0.3, 0.4) is 0 Å². The summed E-state index contributed by atoms with van der Waals surface area (Å²) in [4.78, 5) is 23.6. The Morgan fingerprint density at radius 3 is 2.16 bits per heavy atom. The molecule has 2 aromatic carbocycles. The Balaban J connectivity index is 1.86. The highest BCUT2D eigenvalue weighted by Crippen LogP contribution is 2.15. The molecule has 0 radical (unpaired) electrons. The first kappa shape index (κ1) is 19.4. The van der Waals surface area contributed by atoms with Crippen molar-refractivity contribution >= 4 is 54.9 Å². The van der Waals surface area contributed by atoms with Gasteiger partial charge in [-0.3, -0.25) is 9.59 Å². The third kappa shape index (κ3) is 6.15. The van der Waals surface area contributed by atoms with E-state index in [1.807, 2.05) is 0 Å². The van der Waals surface area contributed by atoms with Crippen LogP contribution in [0.25, 0.3) is 0 Å². The van der Waals surface area contributed by atoms with Gasteiger partial charge in [-0.2, -0.15) is 0 Å². The molecule has 2 rings (SSSR count). The molecule has 0 aromatic heterocycles. The first-order valence-electron chi connectivity index (χ1n) is 7.07. The largest absolute Gasteiger partial charge is 0.346 e. The number of amides is 2. The molecule has 0 aliphatic rings. The molecule has 0 aliphatic carbocycles. The fourth-order valence-corrected chi connectivity index (χ4v) is 3.42. The number of carbonyl (C=O) groups is 2. The minimum atomic E-state index is -3.80. The Kier molecular flexibility index (Phi) is 6.57. The van der Waals surface area contributed by atoms with Crippen molar-refractivity contribution in [2.24, 2.45) is 0 Å². The van der Waals surface area contributed by atoms with Gasteiger partial charge in [0.05, 0.1) is 11.4 Å². The number of benzene rings is 2. The predicted octanol–water partition coefficient (Wildman–Crippen LogP) is 2.63. The zero-order valence-corrected chi connectivity index (χ0v) is 16.0. The Morgan fingerprint density at radius 2 is 1.56 bits per heavy atom. The number of nitrogens with one attached hydrogen (secondary N) is 2. The molecule has 25 heavy (non-hydrogen) atoms. The van der Waals surface area contributed by atoms with E-state index in [4.69, 9.17) is 11.6 Å². The van der Waals surface area contributed by atoms with E-state index in [0.717, 1.165) is 4.47 Å². The molecule has 132 valence electrons. The van der Waals surface area contributed by atoms with Crippen LogP contribution in [0.2, 0.25) is 5.02 Å². The smallest absolute Gasteiger partial charge is 0.243 e. The summed E-state index contributed by atoms with van der Waals surface area (Å²) in [6.07, 6.45) is 0. The Hall–Kier alpha value is -1.90. The maximum atomic E-state index is 12.1. The number of carbonyl (C=O) groups excluding carboxylic acids is 2. The molecule has 0 fully saturated rings. The highest BCUT2D eigenvalue weighted by Gasteiger charge is 2.19. The van der Waals surface area contributed by atoms with Crippen LogP contribution in [-0.2, 0) is 19.4 Å². The van der Waals surface area contributed by atoms with E-state index in [2.05, 4.69) is 26.6 Å². The fourth-order valence-electron chi connectivity index (χ4n) is 1.87. The molecule has 0 aliphatic heterocycles. The average Bonchev–Trinajstić information content (AvgIpc) is 2.55. The van der Waals surface area contributed by atoms with Crippen molar-refractivity contribution in [2.75, 3.05) is 17.6 Å². The van der Waals surface area contributed by atoms with Gasteiger partial charge in [0.25, 0.3) is 0 Å². The molecule has 2 amide bonds. The standard InChI is InChI=1S/C16H14BrClN2O4S/c17-11-1-5-13(6-2-11)20-15(21)9-19-16(22)10-25(23,24)14-7-3-12(18)4-8-14/h1-8H,9-10H2,(H,19,22)(H,20,21). The first-order valence-corrected chi connectivity index (χ1v) is 9.89. The summed E-state index contributed by atoms with van der Waals surface area (Å²) in [6, 6.07) is 12.4. The molecule has 0 unspecified atom stereocenters. The van der Waals surface area contributed by atoms with Crippen molar-refractivity contribution in [3.63, 3.8) is 0 Å². The average molecular weight is 446 g/mol. The number of hydrogen-bond donors (Lipinski definition) is 2. The minimum absolute atomic E-state index is 0.00800. The molecule has 0 saturated carbocycles. The van der Waals surface area contributed by atoms with Crippen LogP contribution in [0, 0.1) is 0 Å². The van der Waals surface area contributed by atoms with Gasteiger partial charge in [0, 0.05) is 15.2 Å². The Labute approximate surface area is 158 Å². The fraction of sp³-hybridized carbons (Fsp3) is 0.125. The van der Waals surface area contributed by atoms with Crippen molar-refractivity contribution in [1.29, 1.82) is 0 Å². The maximum Gasteiger partial charge on any atom is 0.243 e. The minimum Gasteiger partial charge on any atom is -0.346 e. The van der Waals surface area contributed by atoms with Gasteiger partial charge in [0.15, 0.2) is 9.84 Å². The highest BCUT2D eigenvalue weighted by molar-refractivity contribution is 9.10. The van der Waals surface area contributed by atoms with Crippen molar-refractivity contribution in [3.05, 3.63) is 58.0 Å². The number of sulfone groups is 1. The summed E-state index contributed by atoms with van der Waals surface area (Å²) in [6.45, 7) is -0.328. The lowest BCUT2D eigenvalue weighted by Gasteiger charge is -2.08. The van der Waals surface area contributed by atoms with E-state index < -0.39 is 27.4 Å². The molecule has 0 spiro atoms. The summed E-state index contributed by atoms with van der Waals surface area (Å²) in [5.41, 5.74) is 0.566. The van der Waals surface area contributed by atoms with E-state index >= 15 is 0 Å². The topological polar surface area (TPSA) is 92.3 Å². The van der Waals surface area contributed by atoms with Crippen LogP contribution in [0.15, 0.2) is 57.9 Å². The van der Waals surface area contributed by atoms with E-state index in [9.17, 15) is 18.0 Å². The third-order valence-corrected chi connectivity index (χ3v) is 5.48. The highest BCUT2D eigenvalue weighted by atomic mass is 79.9. The van der Waals surface area contributed by atoms with Crippen LogP contribution >= 0.6 is 27.5 Å². The van der Waals surface area contributed by atoms with Crippen LogP contribution in [-0.4, -0.2) is 32.5 Å². The SMILES string of the molecule is O=C(CS(=O)(=O)c1ccc(Cl)cc1)NCC(=O)Nc1ccc(Br)cc1. The molecular formula is C16H14BrClN2O4S. The molecule has 0 heterocycles. The first-order chi connectivity index (χ1) is 11.8. The van der Waals surface area contributed by atoms with Gasteiger partial charge < -0.3 is 10.6 Å². The number of halogens is 2. The van der Waals surface area contributed by atoms with Crippen LogP contribution in [0.4, 0.5) is 5.69 Å². The van der Waals surface area contributed by atoms with Gasteiger partial charge >= 0.3 is 0 Å². The monoisotopic (exact) mass is 444 g/mol. The number of hydrogen-bond acceptors (Lipinski definition) is 4. The van der Waals surface area contributed by atoms with E-state index in [0.29, 0.717) is 10.7 Å². The molecule has 9 heteroatoms. The molecular weight excluding hydrogens is 432 g/mol. The molecule has 0 saturated heterocycles. The molecule has 2 aromatic rings. The van der Waals surface area contributed by atoms with Gasteiger partial charge in [-0.1, -0.05) is 27.5 Å². The zero-order chi connectivity index (χ0) is 18.4. The summed E-state index contributed by atoms with van der Waals surface area (Å²) in [5.74, 6) is -1.97. The maximum absolute atomic E-state index is 12.1. The van der Waals surface area contributed by atoms with Crippen molar-refractivity contribution in [2.45, 2.75) is 4.90 Å². The van der Waals surface area contributed by atoms with Gasteiger partial charge in [0.1, 0.15) is 5.75 Å². The van der Waals surface area contributed by atoms with Gasteiger partial charge in [-0.25, -0.2) is 8.42 Å². The molecule has 6 nitrogen and oxygen atoms in total.